The molecule has 17 heavy (non-hydrogen) atoms. The third-order valence-electron chi connectivity index (χ3n) is 2.67. The molecule has 0 aliphatic rings. The van der Waals surface area contributed by atoms with E-state index < -0.39 is 0 Å². The first-order chi connectivity index (χ1) is 8.02. The second kappa shape index (κ2) is 6.39. The number of aromatic nitrogens is 2. The Balaban J connectivity index is 2.31. The van der Waals surface area contributed by atoms with Crippen LogP contribution in [0.3, 0.4) is 0 Å². The third-order valence-corrected chi connectivity index (χ3v) is 2.67. The molecule has 0 bridgehead atoms. The quantitative estimate of drug-likeness (QED) is 0.730. The summed E-state index contributed by atoms with van der Waals surface area (Å²) in [6.07, 6.45) is 2.09. The van der Waals surface area contributed by atoms with E-state index in [2.05, 4.69) is 34.5 Å². The average molecular weight is 238 g/mol. The van der Waals surface area contributed by atoms with Gasteiger partial charge in [0.15, 0.2) is 0 Å². The Morgan fingerprint density at radius 1 is 1.35 bits per heavy atom. The van der Waals surface area contributed by atoms with E-state index in [-0.39, 0.29) is 5.91 Å². The lowest BCUT2D eigenvalue weighted by molar-refractivity contribution is 0.0951. The molecule has 1 rings (SSSR count). The highest BCUT2D eigenvalue weighted by atomic mass is 16.1. The van der Waals surface area contributed by atoms with Crippen LogP contribution in [-0.2, 0) is 0 Å². The van der Waals surface area contributed by atoms with Crippen molar-refractivity contribution in [2.45, 2.75) is 26.7 Å². The van der Waals surface area contributed by atoms with Gasteiger partial charge in [0.05, 0.1) is 11.3 Å². The molecular formula is C12H22N4O. The van der Waals surface area contributed by atoms with Crippen LogP contribution in [0.5, 0.6) is 0 Å². The van der Waals surface area contributed by atoms with E-state index in [4.69, 9.17) is 0 Å². The number of aromatic amines is 1. The summed E-state index contributed by atoms with van der Waals surface area (Å²) in [4.78, 5) is 14.0. The van der Waals surface area contributed by atoms with Gasteiger partial charge in [-0.15, -0.1) is 0 Å². The summed E-state index contributed by atoms with van der Waals surface area (Å²) in [5, 5.41) is 9.75. The zero-order chi connectivity index (χ0) is 12.8. The summed E-state index contributed by atoms with van der Waals surface area (Å²) in [5.74, 6) is -0.0291. The molecule has 0 fully saturated rings. The van der Waals surface area contributed by atoms with Gasteiger partial charge < -0.3 is 10.2 Å². The lowest BCUT2D eigenvalue weighted by Gasteiger charge is -2.09. The van der Waals surface area contributed by atoms with Gasteiger partial charge in [-0.2, -0.15) is 5.10 Å². The molecule has 96 valence electrons. The number of hydrogen-bond donors (Lipinski definition) is 2. The molecule has 1 heterocycles. The van der Waals surface area contributed by atoms with E-state index in [1.807, 2.05) is 13.8 Å². The van der Waals surface area contributed by atoms with Crippen molar-refractivity contribution in [3.63, 3.8) is 0 Å². The highest BCUT2D eigenvalue weighted by molar-refractivity contribution is 5.96. The maximum atomic E-state index is 11.9. The number of carbonyl (C=O) groups is 1. The van der Waals surface area contributed by atoms with Gasteiger partial charge in [-0.1, -0.05) is 0 Å². The smallest absolute Gasteiger partial charge is 0.255 e. The summed E-state index contributed by atoms with van der Waals surface area (Å²) < 4.78 is 0. The van der Waals surface area contributed by atoms with Gasteiger partial charge in [-0.05, 0) is 47.3 Å². The lowest BCUT2D eigenvalue weighted by Crippen LogP contribution is -2.26. The van der Waals surface area contributed by atoms with Gasteiger partial charge in [0.2, 0.25) is 0 Å². The normalized spacial score (nSPS) is 10.9. The van der Waals surface area contributed by atoms with Crippen LogP contribution in [0.15, 0.2) is 0 Å². The van der Waals surface area contributed by atoms with Crippen molar-refractivity contribution in [2.75, 3.05) is 27.2 Å². The molecular weight excluding hydrogens is 216 g/mol. The molecule has 0 spiro atoms. The number of carbonyl (C=O) groups excluding carboxylic acids is 1. The van der Waals surface area contributed by atoms with Gasteiger partial charge >= 0.3 is 0 Å². The Morgan fingerprint density at radius 3 is 2.59 bits per heavy atom. The van der Waals surface area contributed by atoms with Crippen LogP contribution in [0.25, 0.3) is 0 Å². The molecule has 0 aromatic carbocycles. The Labute approximate surface area is 103 Å². The Morgan fingerprint density at radius 2 is 2.06 bits per heavy atom. The number of unbranched alkanes of at least 4 members (excludes halogenated alkanes) is 1. The van der Waals surface area contributed by atoms with Crippen LogP contribution in [-0.4, -0.2) is 48.2 Å². The highest BCUT2D eigenvalue weighted by Crippen LogP contribution is 2.08. The molecule has 1 aromatic heterocycles. The van der Waals surface area contributed by atoms with Crippen molar-refractivity contribution in [3.8, 4) is 0 Å². The van der Waals surface area contributed by atoms with Crippen LogP contribution < -0.4 is 5.32 Å². The monoisotopic (exact) mass is 238 g/mol. The molecule has 0 saturated carbocycles. The number of rotatable bonds is 6. The van der Waals surface area contributed by atoms with Crippen molar-refractivity contribution in [2.24, 2.45) is 0 Å². The molecule has 5 nitrogen and oxygen atoms in total. The van der Waals surface area contributed by atoms with Crippen LogP contribution >= 0.6 is 0 Å². The zero-order valence-corrected chi connectivity index (χ0v) is 11.1. The highest BCUT2D eigenvalue weighted by Gasteiger charge is 2.14. The largest absolute Gasteiger partial charge is 0.352 e. The average Bonchev–Trinajstić information content (AvgIpc) is 2.57. The van der Waals surface area contributed by atoms with Crippen molar-refractivity contribution in [1.29, 1.82) is 0 Å². The van der Waals surface area contributed by atoms with E-state index in [9.17, 15) is 4.79 Å². The molecule has 1 amide bonds. The first-order valence-corrected chi connectivity index (χ1v) is 5.97. The van der Waals surface area contributed by atoms with Crippen LogP contribution in [0.1, 0.15) is 34.6 Å². The first-order valence-electron chi connectivity index (χ1n) is 5.97. The predicted molar refractivity (Wildman–Crippen MR) is 68.2 cm³/mol. The fourth-order valence-electron chi connectivity index (χ4n) is 1.73. The molecule has 0 saturated heterocycles. The fourth-order valence-corrected chi connectivity index (χ4v) is 1.73. The number of amides is 1. The number of nitrogens with zero attached hydrogens (tertiary/aromatic N) is 2. The first kappa shape index (κ1) is 13.7. The third kappa shape index (κ3) is 4.19. The maximum Gasteiger partial charge on any atom is 0.255 e. The van der Waals surface area contributed by atoms with E-state index >= 15 is 0 Å². The summed E-state index contributed by atoms with van der Waals surface area (Å²) in [5.41, 5.74) is 2.26. The van der Waals surface area contributed by atoms with E-state index in [1.165, 1.54) is 0 Å². The molecule has 0 atom stereocenters. The minimum Gasteiger partial charge on any atom is -0.352 e. The van der Waals surface area contributed by atoms with E-state index in [0.717, 1.165) is 37.3 Å². The van der Waals surface area contributed by atoms with Crippen LogP contribution in [0.2, 0.25) is 0 Å². The van der Waals surface area contributed by atoms with Gasteiger partial charge in [0.25, 0.3) is 5.91 Å². The molecule has 5 heteroatoms. The van der Waals surface area contributed by atoms with E-state index in [1.54, 1.807) is 0 Å². The second-order valence-electron chi connectivity index (χ2n) is 4.58. The second-order valence-corrected chi connectivity index (χ2v) is 4.58. The fraction of sp³-hybridized carbons (Fsp3) is 0.667. The molecule has 0 unspecified atom stereocenters. The zero-order valence-electron chi connectivity index (χ0n) is 11.1. The van der Waals surface area contributed by atoms with E-state index in [0.29, 0.717) is 5.56 Å². The summed E-state index contributed by atoms with van der Waals surface area (Å²) in [6.45, 7) is 5.47. The number of nitrogens with one attached hydrogen (secondary N) is 2. The maximum absolute atomic E-state index is 11.9. The predicted octanol–water partition coefficient (Wildman–Crippen LogP) is 1.10. The summed E-state index contributed by atoms with van der Waals surface area (Å²) >= 11 is 0. The van der Waals surface area contributed by atoms with Crippen molar-refractivity contribution in [3.05, 3.63) is 17.0 Å². The molecule has 0 radical (unpaired) electrons. The van der Waals surface area contributed by atoms with Gasteiger partial charge in [-0.25, -0.2) is 0 Å². The molecule has 0 aliphatic carbocycles. The van der Waals surface area contributed by atoms with Crippen molar-refractivity contribution < 1.29 is 4.79 Å². The topological polar surface area (TPSA) is 61.0 Å². The van der Waals surface area contributed by atoms with Gasteiger partial charge in [0.1, 0.15) is 0 Å². The van der Waals surface area contributed by atoms with Crippen molar-refractivity contribution in [1.82, 2.24) is 20.4 Å². The van der Waals surface area contributed by atoms with Crippen molar-refractivity contribution >= 4 is 5.91 Å². The minimum atomic E-state index is -0.0291. The Hall–Kier alpha value is -1.36. The number of hydrogen-bond acceptors (Lipinski definition) is 3. The number of aryl methyl sites for hydroxylation is 2. The summed E-state index contributed by atoms with van der Waals surface area (Å²) in [7, 11) is 4.10. The van der Waals surface area contributed by atoms with Crippen LogP contribution in [0, 0.1) is 13.8 Å². The molecule has 1 aromatic rings. The summed E-state index contributed by atoms with van der Waals surface area (Å²) in [6, 6.07) is 0. The Bertz CT molecular complexity index is 351. The van der Waals surface area contributed by atoms with Gasteiger partial charge in [-0.3, -0.25) is 9.89 Å². The SMILES string of the molecule is Cc1n[nH]c(C)c1C(=O)NCCCCN(C)C. The lowest BCUT2D eigenvalue weighted by atomic mass is 10.2. The van der Waals surface area contributed by atoms with Crippen LogP contribution in [0.4, 0.5) is 0 Å². The number of H-pyrrole nitrogens is 1. The standard InChI is InChI=1S/C12H22N4O/c1-9-11(10(2)15-14-9)12(17)13-7-5-6-8-16(3)4/h5-8H2,1-4H3,(H,13,17)(H,14,15). The Kier molecular flexibility index (Phi) is 5.15. The molecule has 2 N–H and O–H groups in total. The van der Waals surface area contributed by atoms with Gasteiger partial charge in [0, 0.05) is 12.2 Å². The minimum absolute atomic E-state index is 0.0291. The molecule has 0 aliphatic heterocycles.